The van der Waals surface area contributed by atoms with Crippen molar-refractivity contribution in [3.8, 4) is 0 Å². The van der Waals surface area contributed by atoms with Crippen LogP contribution in [0.25, 0.3) is 17.0 Å². The molecule has 0 aliphatic carbocycles. The number of likely N-dealkylation sites (tertiary alicyclic amines) is 1. The van der Waals surface area contributed by atoms with E-state index in [9.17, 15) is 19.5 Å². The molecule has 1 aliphatic rings. The Bertz CT molecular complexity index is 1390. The zero-order valence-corrected chi connectivity index (χ0v) is 23.0. The predicted molar refractivity (Wildman–Crippen MR) is 152 cm³/mol. The fourth-order valence-corrected chi connectivity index (χ4v) is 5.56. The van der Waals surface area contributed by atoms with Gasteiger partial charge in [0, 0.05) is 47.5 Å². The van der Waals surface area contributed by atoms with Crippen molar-refractivity contribution in [2.24, 2.45) is 5.92 Å². The van der Waals surface area contributed by atoms with E-state index < -0.39 is 12.0 Å². The number of benzene rings is 2. The van der Waals surface area contributed by atoms with Gasteiger partial charge in [0.2, 0.25) is 11.8 Å². The lowest BCUT2D eigenvalue weighted by Crippen LogP contribution is -2.48. The molecule has 2 aromatic carbocycles. The molecule has 2 heterocycles. The molecule has 1 unspecified atom stereocenters. The normalized spacial score (nSPS) is 15.1. The molecule has 198 valence electrons. The van der Waals surface area contributed by atoms with Gasteiger partial charge in [-0.1, -0.05) is 53.5 Å². The Balaban J connectivity index is 1.31. The summed E-state index contributed by atoms with van der Waals surface area (Å²) in [5, 5.41) is 14.2. The molecule has 1 atom stereocenters. The van der Waals surface area contributed by atoms with Gasteiger partial charge in [0.05, 0.1) is 15.6 Å². The van der Waals surface area contributed by atoms with Gasteiger partial charge in [-0.15, -0.1) is 11.8 Å². The number of amides is 2. The second kappa shape index (κ2) is 12.7. The van der Waals surface area contributed by atoms with Gasteiger partial charge < -0.3 is 15.3 Å². The highest BCUT2D eigenvalue weighted by Gasteiger charge is 2.30. The maximum absolute atomic E-state index is 12.9. The smallest absolute Gasteiger partial charge is 0.326 e. The summed E-state index contributed by atoms with van der Waals surface area (Å²) >= 11 is 14.1. The van der Waals surface area contributed by atoms with Crippen LogP contribution < -0.4 is 5.32 Å². The monoisotopic (exact) mass is 571 g/mol. The fraction of sp³-hybridized carbons (Fsp3) is 0.286. The highest BCUT2D eigenvalue weighted by molar-refractivity contribution is 7.98. The number of nitrogens with one attached hydrogen (secondary N) is 1. The Labute approximate surface area is 235 Å². The van der Waals surface area contributed by atoms with Gasteiger partial charge in [-0.3, -0.25) is 14.6 Å². The van der Waals surface area contributed by atoms with Crippen molar-refractivity contribution >= 4 is 69.7 Å². The van der Waals surface area contributed by atoms with Crippen LogP contribution >= 0.6 is 35.0 Å². The summed E-state index contributed by atoms with van der Waals surface area (Å²) < 4.78 is 0. The number of halogens is 2. The molecule has 10 heteroatoms. The number of nitrogens with zero attached hydrogens (tertiary/aromatic N) is 2. The Hall–Kier alpha value is -3.07. The van der Waals surface area contributed by atoms with Crippen molar-refractivity contribution in [3.05, 3.63) is 75.9 Å². The molecule has 1 saturated heterocycles. The standard InChI is InChI=1S/C28H27Cl2N3O4S/c1-38-23-10-7-18(25(29)26(23)30)8-11-24(34)33-14-12-19(13-15-33)27(35)32-22(28(36)37)16-20-9-6-17-4-2-3-5-21(17)31-20/h2-11,19,22H,12-16H2,1H3,(H,32,35)(H,36,37)/b11-8+. The average molecular weight is 573 g/mol. The largest absolute Gasteiger partial charge is 0.480 e. The van der Waals surface area contributed by atoms with Gasteiger partial charge in [-0.25, -0.2) is 4.79 Å². The van der Waals surface area contributed by atoms with Crippen LogP contribution in [0.2, 0.25) is 10.0 Å². The molecule has 4 rings (SSSR count). The molecule has 0 radical (unpaired) electrons. The van der Waals surface area contributed by atoms with Crippen LogP contribution in [0.4, 0.5) is 0 Å². The van der Waals surface area contributed by atoms with Crippen LogP contribution in [0.5, 0.6) is 0 Å². The van der Waals surface area contributed by atoms with Crippen LogP contribution in [-0.4, -0.2) is 58.2 Å². The van der Waals surface area contributed by atoms with Crippen molar-refractivity contribution < 1.29 is 19.5 Å². The van der Waals surface area contributed by atoms with Gasteiger partial charge in [-0.2, -0.15) is 0 Å². The van der Waals surface area contributed by atoms with Crippen LogP contribution in [0, 0.1) is 5.92 Å². The van der Waals surface area contributed by atoms with Crippen molar-refractivity contribution in [2.75, 3.05) is 19.3 Å². The molecule has 2 N–H and O–H groups in total. The van der Waals surface area contributed by atoms with Gasteiger partial charge in [0.1, 0.15) is 6.04 Å². The molecule has 0 saturated carbocycles. The minimum Gasteiger partial charge on any atom is -0.480 e. The third kappa shape index (κ3) is 6.67. The molecule has 1 aliphatic heterocycles. The SMILES string of the molecule is CSc1ccc(/C=C/C(=O)N2CCC(C(=O)NC(Cc3ccc4ccccc4n3)C(=O)O)CC2)c(Cl)c1Cl. The van der Waals surface area contributed by atoms with Gasteiger partial charge in [0.15, 0.2) is 0 Å². The number of para-hydroxylation sites is 1. The number of carbonyl (C=O) groups is 3. The molecule has 0 spiro atoms. The summed E-state index contributed by atoms with van der Waals surface area (Å²) in [4.78, 5) is 44.5. The van der Waals surface area contributed by atoms with E-state index in [2.05, 4.69) is 10.3 Å². The summed E-state index contributed by atoms with van der Waals surface area (Å²) in [5.74, 6) is -2.00. The molecule has 3 aromatic rings. The van der Waals surface area contributed by atoms with E-state index >= 15 is 0 Å². The summed E-state index contributed by atoms with van der Waals surface area (Å²) in [7, 11) is 0. The summed E-state index contributed by atoms with van der Waals surface area (Å²) in [6.45, 7) is 0.788. The quantitative estimate of drug-likeness (QED) is 0.280. The number of carboxylic acid groups (broad SMARTS) is 1. The van der Waals surface area contributed by atoms with Gasteiger partial charge >= 0.3 is 5.97 Å². The maximum Gasteiger partial charge on any atom is 0.326 e. The van der Waals surface area contributed by atoms with Gasteiger partial charge in [0.25, 0.3) is 0 Å². The second-order valence-corrected chi connectivity index (χ2v) is 10.6. The van der Waals surface area contributed by atoms with E-state index in [0.29, 0.717) is 47.2 Å². The first kappa shape index (κ1) is 28.0. The van der Waals surface area contributed by atoms with Crippen molar-refractivity contribution in [1.82, 2.24) is 15.2 Å². The summed E-state index contributed by atoms with van der Waals surface area (Å²) in [6, 6.07) is 13.8. The number of pyridine rings is 1. The van der Waals surface area contributed by atoms with E-state index in [1.165, 1.54) is 17.8 Å². The Morgan fingerprint density at radius 1 is 1.11 bits per heavy atom. The lowest BCUT2D eigenvalue weighted by molar-refractivity contribution is -0.142. The molecule has 38 heavy (non-hydrogen) atoms. The Morgan fingerprint density at radius 2 is 1.84 bits per heavy atom. The highest BCUT2D eigenvalue weighted by Crippen LogP contribution is 2.35. The first-order valence-electron chi connectivity index (χ1n) is 12.1. The molecule has 1 fully saturated rings. The van der Waals surface area contributed by atoms with Crippen LogP contribution in [0.3, 0.4) is 0 Å². The molecule has 7 nitrogen and oxygen atoms in total. The van der Waals surface area contributed by atoms with Crippen LogP contribution in [0.15, 0.2) is 59.5 Å². The summed E-state index contributed by atoms with van der Waals surface area (Å²) in [6.07, 6.45) is 5.97. The number of thioether (sulfide) groups is 1. The third-order valence-corrected chi connectivity index (χ3v) is 8.35. The number of aromatic nitrogens is 1. The van der Waals surface area contributed by atoms with Crippen LogP contribution in [0.1, 0.15) is 24.1 Å². The minimum absolute atomic E-state index is 0.0819. The number of hydrogen-bond acceptors (Lipinski definition) is 5. The molecule has 0 bridgehead atoms. The topological polar surface area (TPSA) is 99.6 Å². The van der Waals surface area contributed by atoms with Crippen molar-refractivity contribution in [1.29, 1.82) is 0 Å². The minimum atomic E-state index is -1.12. The van der Waals surface area contributed by atoms with Crippen LogP contribution in [-0.2, 0) is 20.8 Å². The number of carboxylic acids is 1. The van der Waals surface area contributed by atoms with E-state index in [1.807, 2.05) is 48.7 Å². The molecule has 1 aromatic heterocycles. The van der Waals surface area contributed by atoms with Gasteiger partial charge in [-0.05, 0) is 48.9 Å². The zero-order valence-electron chi connectivity index (χ0n) is 20.7. The second-order valence-electron chi connectivity index (χ2n) is 9.02. The fourth-order valence-electron chi connectivity index (χ4n) is 4.38. The Kier molecular flexibility index (Phi) is 9.31. The van der Waals surface area contributed by atoms with E-state index in [4.69, 9.17) is 23.2 Å². The lowest BCUT2D eigenvalue weighted by atomic mass is 9.95. The zero-order chi connectivity index (χ0) is 27.2. The highest BCUT2D eigenvalue weighted by atomic mass is 35.5. The average Bonchev–Trinajstić information content (AvgIpc) is 2.93. The molecule has 2 amide bonds. The molecular weight excluding hydrogens is 545 g/mol. The maximum atomic E-state index is 12.9. The Morgan fingerprint density at radius 3 is 2.55 bits per heavy atom. The number of fused-ring (bicyclic) bond motifs is 1. The molecular formula is C28H27Cl2N3O4S. The lowest BCUT2D eigenvalue weighted by Gasteiger charge is -2.31. The van der Waals surface area contributed by atoms with E-state index in [1.54, 1.807) is 17.0 Å². The third-order valence-electron chi connectivity index (χ3n) is 6.56. The number of carbonyl (C=O) groups excluding carboxylic acids is 2. The van der Waals surface area contributed by atoms with Crippen molar-refractivity contribution in [3.63, 3.8) is 0 Å². The number of rotatable bonds is 8. The van der Waals surface area contributed by atoms with Crippen molar-refractivity contribution in [2.45, 2.75) is 30.2 Å². The number of hydrogen-bond donors (Lipinski definition) is 2. The first-order chi connectivity index (χ1) is 18.3. The predicted octanol–water partition coefficient (Wildman–Crippen LogP) is 5.33. The van der Waals surface area contributed by atoms with E-state index in [-0.39, 0.29) is 24.2 Å². The number of piperidine rings is 1. The first-order valence-corrected chi connectivity index (χ1v) is 14.1. The van der Waals surface area contributed by atoms with E-state index in [0.717, 1.165) is 15.8 Å². The summed E-state index contributed by atoms with van der Waals surface area (Å²) in [5.41, 5.74) is 2.01. The number of aliphatic carboxylic acids is 1.